The van der Waals surface area contributed by atoms with Gasteiger partial charge in [0.25, 0.3) is 5.91 Å². The Labute approximate surface area is 207 Å². The second-order valence-electron chi connectivity index (χ2n) is 9.19. The van der Waals surface area contributed by atoms with E-state index < -0.39 is 0 Å². The van der Waals surface area contributed by atoms with Gasteiger partial charge in [0, 0.05) is 38.8 Å². The fourth-order valence-electron chi connectivity index (χ4n) is 4.47. The highest BCUT2D eigenvalue weighted by molar-refractivity contribution is 5.94. The van der Waals surface area contributed by atoms with E-state index in [9.17, 15) is 14.4 Å². The van der Waals surface area contributed by atoms with Crippen molar-refractivity contribution in [2.24, 2.45) is 11.7 Å². The van der Waals surface area contributed by atoms with Crippen LogP contribution in [0.4, 0.5) is 4.79 Å². The molecule has 0 bridgehead atoms. The zero-order valence-corrected chi connectivity index (χ0v) is 20.7. The van der Waals surface area contributed by atoms with E-state index in [0.717, 1.165) is 31.2 Å². The minimum Gasteiger partial charge on any atom is -0.455 e. The Morgan fingerprint density at radius 2 is 1.65 bits per heavy atom. The van der Waals surface area contributed by atoms with Gasteiger partial charge in [-0.05, 0) is 50.0 Å². The second-order valence-corrected chi connectivity index (χ2v) is 9.19. The van der Waals surface area contributed by atoms with E-state index in [-0.39, 0.29) is 54.7 Å². The van der Waals surface area contributed by atoms with Crippen molar-refractivity contribution in [1.82, 2.24) is 15.1 Å². The van der Waals surface area contributed by atoms with Crippen LogP contribution in [-0.4, -0.2) is 73.4 Å². The molecule has 4 N–H and O–H groups in total. The Bertz CT molecular complexity index is 861. The summed E-state index contributed by atoms with van der Waals surface area (Å²) in [5, 5.41) is 10.6. The van der Waals surface area contributed by atoms with Gasteiger partial charge in [0.2, 0.25) is 0 Å². The number of nitrogen functional groups attached to an aromatic ring is 1. The van der Waals surface area contributed by atoms with Crippen molar-refractivity contribution >= 4 is 36.2 Å². The number of halogens is 1. The predicted octanol–water partition coefficient (Wildman–Crippen LogP) is 2.47. The summed E-state index contributed by atoms with van der Waals surface area (Å²) >= 11 is 0. The van der Waals surface area contributed by atoms with Crippen LogP contribution in [0, 0.1) is 11.3 Å². The third kappa shape index (κ3) is 7.35. The smallest absolute Gasteiger partial charge is 0.317 e. The summed E-state index contributed by atoms with van der Waals surface area (Å²) < 4.78 is 5.14. The monoisotopic (exact) mass is 493 g/mol. The number of amides is 3. The maximum atomic E-state index is 12.7. The average molecular weight is 494 g/mol. The van der Waals surface area contributed by atoms with Crippen LogP contribution in [0.1, 0.15) is 55.6 Å². The first kappa shape index (κ1) is 27.4. The molecule has 1 aromatic rings. The first-order valence-electron chi connectivity index (χ1n) is 11.6. The number of nitrogens with zero attached hydrogens (tertiary/aromatic N) is 2. The topological polar surface area (TPSA) is 129 Å². The van der Waals surface area contributed by atoms with Crippen molar-refractivity contribution in [3.05, 3.63) is 35.4 Å². The van der Waals surface area contributed by atoms with Gasteiger partial charge >= 0.3 is 12.0 Å². The van der Waals surface area contributed by atoms with Crippen molar-refractivity contribution in [1.29, 1.82) is 5.41 Å². The maximum Gasteiger partial charge on any atom is 0.317 e. The molecule has 10 heteroatoms. The van der Waals surface area contributed by atoms with E-state index in [2.05, 4.69) is 5.32 Å². The summed E-state index contributed by atoms with van der Waals surface area (Å²) in [6.07, 6.45) is 4.56. The van der Waals surface area contributed by atoms with Gasteiger partial charge in [-0.3, -0.25) is 15.0 Å². The number of rotatable bonds is 6. The number of carbonyl (C=O) groups excluding carboxylic acids is 3. The highest BCUT2D eigenvalue weighted by Crippen LogP contribution is 2.29. The second kappa shape index (κ2) is 12.6. The molecule has 34 heavy (non-hydrogen) atoms. The van der Waals surface area contributed by atoms with Crippen LogP contribution in [0.5, 0.6) is 0 Å². The van der Waals surface area contributed by atoms with Gasteiger partial charge in [0.15, 0.2) is 6.61 Å². The van der Waals surface area contributed by atoms with Gasteiger partial charge < -0.3 is 25.6 Å². The van der Waals surface area contributed by atoms with E-state index in [1.807, 2.05) is 29.2 Å². The Morgan fingerprint density at radius 3 is 2.18 bits per heavy atom. The van der Waals surface area contributed by atoms with Crippen LogP contribution < -0.4 is 11.1 Å². The third-order valence-corrected chi connectivity index (χ3v) is 6.70. The molecule has 3 amide bonds. The van der Waals surface area contributed by atoms with Crippen molar-refractivity contribution in [2.45, 2.75) is 50.5 Å². The number of ether oxygens (including phenoxy) is 1. The number of piperidine rings is 1. The van der Waals surface area contributed by atoms with E-state index in [0.29, 0.717) is 31.8 Å². The van der Waals surface area contributed by atoms with Gasteiger partial charge in [-0.25, -0.2) is 4.79 Å². The van der Waals surface area contributed by atoms with Crippen molar-refractivity contribution in [2.75, 3.05) is 33.8 Å². The summed E-state index contributed by atoms with van der Waals surface area (Å²) in [4.78, 5) is 39.8. The minimum absolute atomic E-state index is 0. The molecule has 9 nitrogen and oxygen atoms in total. The molecular formula is C24H36ClN5O4. The lowest BCUT2D eigenvalue weighted by Crippen LogP contribution is -2.48. The van der Waals surface area contributed by atoms with Crippen LogP contribution >= 0.6 is 12.4 Å². The molecule has 0 unspecified atom stereocenters. The van der Waals surface area contributed by atoms with Gasteiger partial charge in [0.1, 0.15) is 5.84 Å². The SMILES string of the molecule is CN(C)C(=O)COC(=O)[C@H]1CC[C@H](NC(=O)N2CCC(c3ccc(C(=N)N)cc3)CC2)CC1.Cl. The fourth-order valence-corrected chi connectivity index (χ4v) is 4.47. The number of hydrogen-bond donors (Lipinski definition) is 3. The van der Waals surface area contributed by atoms with Crippen LogP contribution in [0.15, 0.2) is 24.3 Å². The number of benzene rings is 1. The van der Waals surface area contributed by atoms with E-state index in [1.54, 1.807) is 14.1 Å². The number of carbonyl (C=O) groups is 3. The van der Waals surface area contributed by atoms with Crippen molar-refractivity contribution in [3.8, 4) is 0 Å². The molecule has 0 aromatic heterocycles. The largest absolute Gasteiger partial charge is 0.455 e. The summed E-state index contributed by atoms with van der Waals surface area (Å²) in [5.74, 6) is -0.304. The highest BCUT2D eigenvalue weighted by atomic mass is 35.5. The number of likely N-dealkylation sites (N-methyl/N-ethyl adjacent to an activating group) is 1. The fraction of sp³-hybridized carbons (Fsp3) is 0.583. The number of hydrogen-bond acceptors (Lipinski definition) is 5. The van der Waals surface area contributed by atoms with Gasteiger partial charge in [0.05, 0.1) is 5.92 Å². The van der Waals surface area contributed by atoms with Crippen molar-refractivity contribution < 1.29 is 19.1 Å². The first-order chi connectivity index (χ1) is 15.7. The average Bonchev–Trinajstić information content (AvgIpc) is 2.82. The molecule has 1 saturated heterocycles. The molecule has 0 radical (unpaired) electrons. The van der Waals surface area contributed by atoms with Crippen LogP contribution in [0.2, 0.25) is 0 Å². The molecule has 0 atom stereocenters. The van der Waals surface area contributed by atoms with Crippen molar-refractivity contribution in [3.63, 3.8) is 0 Å². The number of amidine groups is 1. The Hall–Kier alpha value is -2.81. The molecule has 1 aromatic carbocycles. The third-order valence-electron chi connectivity index (χ3n) is 6.70. The Kier molecular flexibility index (Phi) is 10.2. The Morgan fingerprint density at radius 1 is 1.06 bits per heavy atom. The summed E-state index contributed by atoms with van der Waals surface area (Å²) in [7, 11) is 3.25. The lowest BCUT2D eigenvalue weighted by atomic mass is 9.86. The van der Waals surface area contributed by atoms with Crippen LogP contribution in [-0.2, 0) is 14.3 Å². The molecule has 1 saturated carbocycles. The summed E-state index contributed by atoms with van der Waals surface area (Å²) in [6.45, 7) is 1.18. The van der Waals surface area contributed by atoms with Gasteiger partial charge in [-0.15, -0.1) is 12.4 Å². The summed E-state index contributed by atoms with van der Waals surface area (Å²) in [5.41, 5.74) is 7.47. The number of likely N-dealkylation sites (tertiary alicyclic amines) is 1. The van der Waals surface area contributed by atoms with E-state index >= 15 is 0 Å². The quantitative estimate of drug-likeness (QED) is 0.318. The Balaban J connectivity index is 0.00000408. The molecule has 188 valence electrons. The van der Waals surface area contributed by atoms with Gasteiger partial charge in [-0.1, -0.05) is 24.3 Å². The van der Waals surface area contributed by atoms with Crippen LogP contribution in [0.3, 0.4) is 0 Å². The number of nitrogens with two attached hydrogens (primary N) is 1. The maximum absolute atomic E-state index is 12.7. The predicted molar refractivity (Wildman–Crippen MR) is 132 cm³/mol. The number of nitrogens with one attached hydrogen (secondary N) is 2. The molecule has 2 fully saturated rings. The molecule has 2 aliphatic rings. The lowest BCUT2D eigenvalue weighted by Gasteiger charge is -2.35. The molecule has 1 aliphatic carbocycles. The zero-order chi connectivity index (χ0) is 24.0. The normalized spacial score (nSPS) is 20.6. The standard InChI is InChI=1S/C24H35N5O4.ClH/c1-28(2)21(30)15-33-23(31)19-7-9-20(10-8-19)27-24(32)29-13-11-17(12-14-29)16-3-5-18(6-4-16)22(25)26;/h3-6,17,19-20H,7-15H2,1-2H3,(H3,25,26)(H,27,32);1H/t19-,20-;. The molecule has 0 spiro atoms. The van der Waals surface area contributed by atoms with Gasteiger partial charge in [-0.2, -0.15) is 0 Å². The highest BCUT2D eigenvalue weighted by Gasteiger charge is 2.30. The van der Waals surface area contributed by atoms with E-state index in [1.165, 1.54) is 10.5 Å². The van der Waals surface area contributed by atoms with E-state index in [4.69, 9.17) is 15.9 Å². The van der Waals surface area contributed by atoms with Crippen LogP contribution in [0.25, 0.3) is 0 Å². The molecule has 3 rings (SSSR count). The number of esters is 1. The number of urea groups is 1. The minimum atomic E-state index is -0.326. The molecular weight excluding hydrogens is 458 g/mol. The summed E-state index contributed by atoms with van der Waals surface area (Å²) in [6, 6.07) is 7.82. The molecule has 1 heterocycles. The molecule has 1 aliphatic heterocycles. The first-order valence-corrected chi connectivity index (χ1v) is 11.6. The lowest BCUT2D eigenvalue weighted by molar-refractivity contribution is -0.155. The zero-order valence-electron chi connectivity index (χ0n) is 19.9.